The van der Waals surface area contributed by atoms with Gasteiger partial charge in [0.2, 0.25) is 5.13 Å². The highest BCUT2D eigenvalue weighted by molar-refractivity contribution is 8.00. The quantitative estimate of drug-likeness (QED) is 0.104. The molecule has 3 aromatic carbocycles. The van der Waals surface area contributed by atoms with Crippen LogP contribution >= 0.6 is 23.1 Å². The van der Waals surface area contributed by atoms with Crippen LogP contribution < -0.4 is 19.1 Å². The van der Waals surface area contributed by atoms with E-state index in [4.69, 9.17) is 14.2 Å². The van der Waals surface area contributed by atoms with Crippen molar-refractivity contribution in [1.29, 1.82) is 0 Å². The normalized spacial score (nSPS) is 17.7. The number of anilines is 1. The van der Waals surface area contributed by atoms with Gasteiger partial charge in [0, 0.05) is 11.3 Å². The molecule has 6 rings (SSSR count). The highest BCUT2D eigenvalue weighted by atomic mass is 32.2. The number of rotatable bonds is 7. The summed E-state index contributed by atoms with van der Waals surface area (Å²) >= 11 is 2.71. The lowest BCUT2D eigenvalue weighted by atomic mass is 9.95. The number of nitrogens with zero attached hydrogens (tertiary/aromatic N) is 3. The molecule has 4 aromatic rings. The van der Waals surface area contributed by atoms with Crippen LogP contribution in [-0.4, -0.2) is 47.3 Å². The molecule has 1 amide bonds. The van der Waals surface area contributed by atoms with Crippen molar-refractivity contribution in [2.75, 3.05) is 25.2 Å². The van der Waals surface area contributed by atoms with Gasteiger partial charge in [-0.05, 0) is 41.5 Å². The fraction of sp³-hybridized carbons (Fsp3) is 0.172. The van der Waals surface area contributed by atoms with Crippen LogP contribution in [0, 0.1) is 0 Å². The molecular formula is C29H23N3O6S2. The predicted octanol–water partition coefficient (Wildman–Crippen LogP) is 5.24. The molecule has 2 aliphatic heterocycles. The van der Waals surface area contributed by atoms with Crippen LogP contribution in [0.3, 0.4) is 0 Å². The molecule has 0 bridgehead atoms. The Hall–Kier alpha value is -4.35. The highest BCUT2D eigenvalue weighted by Gasteiger charge is 2.48. The molecule has 1 saturated heterocycles. The number of hydrogen-bond acceptors (Lipinski definition) is 10. The molecule has 1 N–H and O–H groups in total. The van der Waals surface area contributed by atoms with E-state index in [1.54, 1.807) is 49.6 Å². The topological polar surface area (TPSA) is 111 Å². The Morgan fingerprint density at radius 3 is 2.52 bits per heavy atom. The van der Waals surface area contributed by atoms with Crippen LogP contribution in [-0.2, 0) is 15.3 Å². The first-order valence-corrected chi connectivity index (χ1v) is 14.2. The molecule has 40 heavy (non-hydrogen) atoms. The van der Waals surface area contributed by atoms with Gasteiger partial charge in [-0.15, -0.1) is 10.2 Å². The molecule has 1 unspecified atom stereocenters. The van der Waals surface area contributed by atoms with Crippen molar-refractivity contribution in [3.63, 3.8) is 0 Å². The molecule has 1 aromatic heterocycles. The van der Waals surface area contributed by atoms with E-state index >= 15 is 0 Å². The Morgan fingerprint density at radius 2 is 1.77 bits per heavy atom. The van der Waals surface area contributed by atoms with Crippen molar-refractivity contribution in [3.05, 3.63) is 95.1 Å². The van der Waals surface area contributed by atoms with E-state index in [-0.39, 0.29) is 16.5 Å². The maximum atomic E-state index is 13.5. The van der Waals surface area contributed by atoms with Crippen LogP contribution in [0.1, 0.15) is 22.7 Å². The van der Waals surface area contributed by atoms with Crippen LogP contribution in [0.4, 0.5) is 5.13 Å². The molecule has 0 saturated carbocycles. The molecule has 1 fully saturated rings. The number of hydrogen-bond donors (Lipinski definition) is 1. The summed E-state index contributed by atoms with van der Waals surface area (Å²) in [5.41, 5.74) is 2.01. The fourth-order valence-electron chi connectivity index (χ4n) is 4.56. The van der Waals surface area contributed by atoms with E-state index < -0.39 is 17.7 Å². The molecule has 0 aliphatic carbocycles. The molecule has 1 atom stereocenters. The van der Waals surface area contributed by atoms with Crippen molar-refractivity contribution >= 4 is 45.7 Å². The van der Waals surface area contributed by atoms with Crippen LogP contribution in [0.2, 0.25) is 0 Å². The van der Waals surface area contributed by atoms with E-state index in [0.717, 1.165) is 5.56 Å². The number of carbonyl (C=O) groups is 2. The van der Waals surface area contributed by atoms with Crippen LogP contribution in [0.5, 0.6) is 17.2 Å². The van der Waals surface area contributed by atoms with Gasteiger partial charge in [-0.25, -0.2) is 0 Å². The average molecular weight is 574 g/mol. The Balaban J connectivity index is 1.40. The zero-order chi connectivity index (χ0) is 27.6. The van der Waals surface area contributed by atoms with E-state index in [1.165, 1.54) is 28.0 Å². The summed E-state index contributed by atoms with van der Waals surface area (Å²) in [5.74, 6) is 0.363. The number of aliphatic hydroxyl groups is 1. The lowest BCUT2D eigenvalue weighted by Crippen LogP contribution is -2.29. The first kappa shape index (κ1) is 25.9. The molecular weight excluding hydrogens is 550 g/mol. The van der Waals surface area contributed by atoms with Crippen molar-refractivity contribution in [2.45, 2.75) is 16.1 Å². The van der Waals surface area contributed by atoms with Gasteiger partial charge in [-0.1, -0.05) is 65.6 Å². The number of aromatic nitrogens is 2. The minimum absolute atomic E-state index is 0.0551. The number of aliphatic hydroxyl groups excluding tert-OH is 1. The van der Waals surface area contributed by atoms with Gasteiger partial charge in [0.1, 0.15) is 24.7 Å². The van der Waals surface area contributed by atoms with Gasteiger partial charge in [0.05, 0.1) is 18.7 Å². The van der Waals surface area contributed by atoms with E-state index in [9.17, 15) is 14.7 Å². The zero-order valence-corrected chi connectivity index (χ0v) is 22.9. The van der Waals surface area contributed by atoms with Gasteiger partial charge < -0.3 is 19.3 Å². The monoisotopic (exact) mass is 573 g/mol. The van der Waals surface area contributed by atoms with E-state index in [0.29, 0.717) is 51.7 Å². The maximum Gasteiger partial charge on any atom is 0.301 e. The number of thioether (sulfide) groups is 1. The maximum absolute atomic E-state index is 13.5. The Bertz CT molecular complexity index is 1600. The van der Waals surface area contributed by atoms with Gasteiger partial charge in [-0.3, -0.25) is 14.5 Å². The highest BCUT2D eigenvalue weighted by Crippen LogP contribution is 2.45. The molecule has 3 heterocycles. The molecule has 2 aliphatic rings. The number of ether oxygens (including phenoxy) is 3. The second-order valence-electron chi connectivity index (χ2n) is 8.93. The van der Waals surface area contributed by atoms with Gasteiger partial charge in [0.15, 0.2) is 15.8 Å². The van der Waals surface area contributed by atoms with Crippen LogP contribution in [0.15, 0.2) is 82.7 Å². The summed E-state index contributed by atoms with van der Waals surface area (Å²) in [7, 11) is 1.55. The third-order valence-electron chi connectivity index (χ3n) is 6.50. The number of Topliss-reactive ketones (excluding diaryl/α,β-unsaturated/α-hetero) is 1. The van der Waals surface area contributed by atoms with E-state index in [2.05, 4.69) is 10.2 Å². The summed E-state index contributed by atoms with van der Waals surface area (Å²) in [5, 5.41) is 20.2. The fourth-order valence-corrected chi connectivity index (χ4v) is 6.38. The second kappa shape index (κ2) is 11.0. The smallest absolute Gasteiger partial charge is 0.301 e. The van der Waals surface area contributed by atoms with Gasteiger partial charge in [-0.2, -0.15) is 0 Å². The number of fused-ring (bicyclic) bond motifs is 1. The van der Waals surface area contributed by atoms with E-state index in [1.807, 2.05) is 30.3 Å². The third kappa shape index (κ3) is 4.89. The van der Waals surface area contributed by atoms with Crippen molar-refractivity contribution < 1.29 is 28.9 Å². The second-order valence-corrected chi connectivity index (χ2v) is 11.1. The van der Waals surface area contributed by atoms with Gasteiger partial charge >= 0.3 is 5.91 Å². The Kier molecular flexibility index (Phi) is 7.14. The third-order valence-corrected chi connectivity index (χ3v) is 8.63. The van der Waals surface area contributed by atoms with Crippen LogP contribution in [0.25, 0.3) is 5.76 Å². The minimum atomic E-state index is -0.931. The molecule has 0 radical (unpaired) electrons. The number of carbonyl (C=O) groups excluding carboxylic acids is 2. The Labute approximate surface area is 238 Å². The summed E-state index contributed by atoms with van der Waals surface area (Å²) < 4.78 is 17.2. The minimum Gasteiger partial charge on any atom is -0.507 e. The summed E-state index contributed by atoms with van der Waals surface area (Å²) in [6.07, 6.45) is 0. The first-order chi connectivity index (χ1) is 19.5. The molecule has 11 heteroatoms. The molecule has 202 valence electrons. The van der Waals surface area contributed by atoms with Gasteiger partial charge in [0.25, 0.3) is 5.78 Å². The summed E-state index contributed by atoms with van der Waals surface area (Å²) in [6, 6.07) is 20.9. The number of amides is 1. The number of methoxy groups -OCH3 is 1. The first-order valence-electron chi connectivity index (χ1n) is 12.4. The number of benzene rings is 3. The number of ketones is 1. The van der Waals surface area contributed by atoms with Crippen molar-refractivity contribution in [2.24, 2.45) is 0 Å². The van der Waals surface area contributed by atoms with Crippen molar-refractivity contribution in [3.8, 4) is 17.2 Å². The zero-order valence-electron chi connectivity index (χ0n) is 21.3. The molecule has 0 spiro atoms. The standard InChI is InChI=1S/C29H23N3O6S2/c1-36-20-10-7-18(8-11-20)24-23(25(33)19-9-12-21-22(15-19)38-14-13-37-21)26(34)27(35)32(24)28-30-31-29(40-28)39-16-17-5-3-2-4-6-17/h2-12,15,24,33H,13-14,16H2,1H3. The van der Waals surface area contributed by atoms with Crippen molar-refractivity contribution in [1.82, 2.24) is 10.2 Å². The average Bonchev–Trinajstić information content (AvgIpc) is 3.57. The largest absolute Gasteiger partial charge is 0.507 e. The predicted molar refractivity (Wildman–Crippen MR) is 151 cm³/mol. The SMILES string of the molecule is COc1ccc(C2C(=C(O)c3ccc4c(c3)OCCO4)C(=O)C(=O)N2c2nnc(SCc3ccccc3)s2)cc1. The summed E-state index contributed by atoms with van der Waals surface area (Å²) in [6.45, 7) is 0.795. The lowest BCUT2D eigenvalue weighted by molar-refractivity contribution is -0.132. The lowest BCUT2D eigenvalue weighted by Gasteiger charge is -2.23. The molecule has 9 nitrogen and oxygen atoms in total. The summed E-state index contributed by atoms with van der Waals surface area (Å²) in [4.78, 5) is 28.3. The Morgan fingerprint density at radius 1 is 1.02 bits per heavy atom.